The molecule has 5 nitrogen and oxygen atoms in total. The summed E-state index contributed by atoms with van der Waals surface area (Å²) in [5.74, 6) is 1.50. The van der Waals surface area contributed by atoms with E-state index in [0.29, 0.717) is 33.5 Å². The van der Waals surface area contributed by atoms with E-state index in [9.17, 15) is 4.79 Å². The maximum atomic E-state index is 12.5. The second-order valence-corrected chi connectivity index (χ2v) is 6.10. The fourth-order valence-corrected chi connectivity index (χ4v) is 2.56. The lowest BCUT2D eigenvalue weighted by atomic mass is 10.1. The van der Waals surface area contributed by atoms with Crippen molar-refractivity contribution in [1.82, 2.24) is 0 Å². The van der Waals surface area contributed by atoms with Crippen LogP contribution in [0.15, 0.2) is 35.9 Å². The fourth-order valence-electron chi connectivity index (χ4n) is 2.41. The van der Waals surface area contributed by atoms with E-state index in [4.69, 9.17) is 25.8 Å². The van der Waals surface area contributed by atoms with E-state index >= 15 is 0 Å². The molecule has 0 saturated carbocycles. The molecule has 0 heterocycles. The van der Waals surface area contributed by atoms with Crippen molar-refractivity contribution >= 4 is 29.3 Å². The van der Waals surface area contributed by atoms with Gasteiger partial charge in [-0.15, -0.1) is 0 Å². The molecule has 0 unspecified atom stereocenters. The third-order valence-electron chi connectivity index (χ3n) is 3.88. The third kappa shape index (κ3) is 4.49. The molecule has 2 rings (SSSR count). The number of carbonyl (C=O) groups excluding carboxylic acids is 1. The lowest BCUT2D eigenvalue weighted by Crippen LogP contribution is -2.13. The van der Waals surface area contributed by atoms with E-state index in [2.05, 4.69) is 5.32 Å². The first-order valence-corrected chi connectivity index (χ1v) is 8.33. The Morgan fingerprint density at radius 3 is 2.27 bits per heavy atom. The Kier molecular flexibility index (Phi) is 6.52. The van der Waals surface area contributed by atoms with Gasteiger partial charge in [-0.25, -0.2) is 0 Å². The molecule has 0 aliphatic carbocycles. The quantitative estimate of drug-likeness (QED) is 0.742. The highest BCUT2D eigenvalue weighted by Crippen LogP contribution is 2.32. The van der Waals surface area contributed by atoms with Gasteiger partial charge in [0.2, 0.25) is 0 Å². The van der Waals surface area contributed by atoms with Crippen molar-refractivity contribution in [2.24, 2.45) is 0 Å². The van der Waals surface area contributed by atoms with Gasteiger partial charge < -0.3 is 19.5 Å². The maximum Gasteiger partial charge on any atom is 0.251 e. The van der Waals surface area contributed by atoms with Gasteiger partial charge in [0.1, 0.15) is 5.75 Å². The fraction of sp³-hybridized carbons (Fsp3) is 0.250. The largest absolute Gasteiger partial charge is 0.495 e. The summed E-state index contributed by atoms with van der Waals surface area (Å²) in [5, 5.41) is 3.43. The second-order valence-electron chi connectivity index (χ2n) is 5.70. The van der Waals surface area contributed by atoms with Crippen LogP contribution in [0, 0.1) is 6.92 Å². The number of carbonyl (C=O) groups is 1. The van der Waals surface area contributed by atoms with Crippen LogP contribution in [0.3, 0.4) is 0 Å². The molecule has 0 aromatic heterocycles. The van der Waals surface area contributed by atoms with Crippen LogP contribution in [0.4, 0.5) is 5.69 Å². The summed E-state index contributed by atoms with van der Waals surface area (Å²) in [7, 11) is 4.68. The predicted molar refractivity (Wildman–Crippen MR) is 105 cm³/mol. The molecule has 2 aromatic carbocycles. The molecule has 0 saturated heterocycles. The third-order valence-corrected chi connectivity index (χ3v) is 4.29. The minimum Gasteiger partial charge on any atom is -0.495 e. The first-order valence-electron chi connectivity index (χ1n) is 7.95. The smallest absolute Gasteiger partial charge is 0.251 e. The van der Waals surface area contributed by atoms with Gasteiger partial charge >= 0.3 is 0 Å². The number of rotatable bonds is 6. The highest BCUT2D eigenvalue weighted by molar-refractivity contribution is 6.31. The predicted octanol–water partition coefficient (Wildman–Crippen LogP) is 4.72. The molecule has 138 valence electrons. The maximum absolute atomic E-state index is 12.5. The van der Waals surface area contributed by atoms with Crippen LogP contribution in [-0.2, 0) is 4.79 Å². The first kappa shape index (κ1) is 19.7. The van der Waals surface area contributed by atoms with Gasteiger partial charge in [0.15, 0.2) is 11.5 Å². The molecule has 0 fully saturated rings. The van der Waals surface area contributed by atoms with Crippen LogP contribution in [0.25, 0.3) is 6.08 Å². The second kappa shape index (κ2) is 8.63. The molecule has 0 aliphatic heterocycles. The Labute approximate surface area is 158 Å². The average Bonchev–Trinajstić information content (AvgIpc) is 2.64. The van der Waals surface area contributed by atoms with Crippen molar-refractivity contribution in [2.75, 3.05) is 26.6 Å². The van der Waals surface area contributed by atoms with Gasteiger partial charge in [0.05, 0.1) is 27.0 Å². The summed E-state index contributed by atoms with van der Waals surface area (Å²) in [4.78, 5) is 12.5. The van der Waals surface area contributed by atoms with Gasteiger partial charge in [-0.3, -0.25) is 4.79 Å². The van der Waals surface area contributed by atoms with E-state index in [1.165, 1.54) is 7.11 Å². The molecule has 26 heavy (non-hydrogen) atoms. The lowest BCUT2D eigenvalue weighted by molar-refractivity contribution is -0.112. The molecular formula is C20H22ClNO4. The van der Waals surface area contributed by atoms with Crippen molar-refractivity contribution in [3.63, 3.8) is 0 Å². The van der Waals surface area contributed by atoms with Crippen molar-refractivity contribution in [2.45, 2.75) is 13.8 Å². The SMILES string of the molecule is COc1cc(Cl)c(C)cc1NC(=O)/C(C)=C/c1ccc(OC)c(OC)c1. The Morgan fingerprint density at radius 1 is 1.00 bits per heavy atom. The zero-order valence-electron chi connectivity index (χ0n) is 15.5. The monoisotopic (exact) mass is 375 g/mol. The molecule has 6 heteroatoms. The van der Waals surface area contributed by atoms with E-state index < -0.39 is 0 Å². The number of aryl methyl sites for hydroxylation is 1. The molecule has 0 bridgehead atoms. The molecule has 0 radical (unpaired) electrons. The molecule has 0 spiro atoms. The van der Waals surface area contributed by atoms with Gasteiger partial charge in [-0.1, -0.05) is 17.7 Å². The summed E-state index contributed by atoms with van der Waals surface area (Å²) in [6.45, 7) is 3.60. The van der Waals surface area contributed by atoms with Gasteiger partial charge in [-0.2, -0.15) is 0 Å². The highest BCUT2D eigenvalue weighted by Gasteiger charge is 2.12. The Balaban J connectivity index is 2.25. The summed E-state index contributed by atoms with van der Waals surface area (Å²) in [6, 6.07) is 8.91. The van der Waals surface area contributed by atoms with Crippen LogP contribution in [0.1, 0.15) is 18.1 Å². The molecule has 0 aliphatic rings. The minimum absolute atomic E-state index is 0.236. The van der Waals surface area contributed by atoms with E-state index in [1.54, 1.807) is 45.4 Å². The van der Waals surface area contributed by atoms with Crippen LogP contribution in [0.2, 0.25) is 5.02 Å². The number of methoxy groups -OCH3 is 3. The van der Waals surface area contributed by atoms with Crippen molar-refractivity contribution in [1.29, 1.82) is 0 Å². The van der Waals surface area contributed by atoms with Crippen molar-refractivity contribution in [3.05, 3.63) is 52.1 Å². The number of benzene rings is 2. The Hall–Kier alpha value is -2.66. The number of halogens is 1. The Bertz CT molecular complexity index is 846. The van der Waals surface area contributed by atoms with Crippen LogP contribution in [0.5, 0.6) is 17.2 Å². The van der Waals surface area contributed by atoms with Crippen molar-refractivity contribution < 1.29 is 19.0 Å². The van der Waals surface area contributed by atoms with Gasteiger partial charge in [0.25, 0.3) is 5.91 Å². The standard InChI is InChI=1S/C20H22ClNO4/c1-12-9-16(18(25-4)11-15(12)21)22-20(23)13(2)8-14-6-7-17(24-3)19(10-14)26-5/h6-11H,1-5H3,(H,22,23)/b13-8+. The highest BCUT2D eigenvalue weighted by atomic mass is 35.5. The molecule has 2 aromatic rings. The van der Waals surface area contributed by atoms with E-state index in [1.807, 2.05) is 19.1 Å². The topological polar surface area (TPSA) is 56.8 Å². The lowest BCUT2D eigenvalue weighted by Gasteiger charge is -2.13. The normalized spacial score (nSPS) is 11.1. The molecule has 1 amide bonds. The number of anilines is 1. The van der Waals surface area contributed by atoms with E-state index in [0.717, 1.165) is 11.1 Å². The van der Waals surface area contributed by atoms with E-state index in [-0.39, 0.29) is 5.91 Å². The number of hydrogen-bond acceptors (Lipinski definition) is 4. The van der Waals surface area contributed by atoms with Gasteiger partial charge in [-0.05, 0) is 49.2 Å². The zero-order chi connectivity index (χ0) is 19.3. The van der Waals surface area contributed by atoms with Crippen LogP contribution >= 0.6 is 11.6 Å². The number of amides is 1. The number of ether oxygens (including phenoxy) is 3. The number of hydrogen-bond donors (Lipinski definition) is 1. The molecular weight excluding hydrogens is 354 g/mol. The minimum atomic E-state index is -0.236. The average molecular weight is 376 g/mol. The van der Waals surface area contributed by atoms with Crippen LogP contribution in [-0.4, -0.2) is 27.2 Å². The summed E-state index contributed by atoms with van der Waals surface area (Å²) >= 11 is 6.10. The first-order chi connectivity index (χ1) is 12.4. The molecule has 0 atom stereocenters. The molecule has 1 N–H and O–H groups in total. The summed E-state index contributed by atoms with van der Waals surface area (Å²) < 4.78 is 15.8. The van der Waals surface area contributed by atoms with Crippen LogP contribution < -0.4 is 19.5 Å². The zero-order valence-corrected chi connectivity index (χ0v) is 16.2. The van der Waals surface area contributed by atoms with Gasteiger partial charge in [0, 0.05) is 16.7 Å². The summed E-state index contributed by atoms with van der Waals surface area (Å²) in [6.07, 6.45) is 1.77. The number of nitrogens with one attached hydrogen (secondary N) is 1. The summed E-state index contributed by atoms with van der Waals surface area (Å²) in [5.41, 5.74) is 2.78. The Morgan fingerprint density at radius 2 is 1.65 bits per heavy atom. The van der Waals surface area contributed by atoms with Crippen molar-refractivity contribution in [3.8, 4) is 17.2 Å².